The second-order valence-corrected chi connectivity index (χ2v) is 10.2. The number of halogens is 1. The molecule has 8 heteroatoms. The van der Waals surface area contributed by atoms with Crippen LogP contribution in [-0.4, -0.2) is 15.0 Å². The zero-order valence-electron chi connectivity index (χ0n) is 16.4. The van der Waals surface area contributed by atoms with Crippen LogP contribution >= 0.6 is 46.5 Å². The average molecular weight is 487 g/mol. The average Bonchev–Trinajstić information content (AvgIpc) is 3.17. The van der Waals surface area contributed by atoms with E-state index in [4.69, 9.17) is 16.6 Å². The number of aryl methyl sites for hydroxylation is 1. The van der Waals surface area contributed by atoms with Gasteiger partial charge in [0, 0.05) is 32.8 Å². The van der Waals surface area contributed by atoms with Gasteiger partial charge in [0.2, 0.25) is 0 Å². The van der Waals surface area contributed by atoms with Crippen LogP contribution in [0.3, 0.4) is 0 Å². The minimum absolute atomic E-state index is 0. The Kier molecular flexibility index (Phi) is 8.37. The van der Waals surface area contributed by atoms with E-state index in [-0.39, 0.29) is 12.7 Å². The second kappa shape index (κ2) is 11.0. The number of thiazole rings is 1. The maximum absolute atomic E-state index is 6.41. The molecule has 0 radical (unpaired) electrons. The molecule has 0 bridgehead atoms. The number of thioether (sulfide) groups is 1. The first-order valence-corrected chi connectivity index (χ1v) is 12.2. The number of nitrogens with zero attached hydrogens (tertiary/aromatic N) is 3. The van der Waals surface area contributed by atoms with Crippen molar-refractivity contribution in [3.05, 3.63) is 82.7 Å². The summed E-state index contributed by atoms with van der Waals surface area (Å²) in [6, 6.07) is 16.0. The quantitative estimate of drug-likeness (QED) is 0.265. The van der Waals surface area contributed by atoms with Crippen LogP contribution in [0.15, 0.2) is 81.0 Å². The number of anilines is 2. The summed E-state index contributed by atoms with van der Waals surface area (Å²) in [4.78, 5) is 16.7. The molecule has 0 amide bonds. The van der Waals surface area contributed by atoms with Crippen LogP contribution in [0.4, 0.5) is 10.9 Å². The van der Waals surface area contributed by atoms with Gasteiger partial charge in [0.15, 0.2) is 5.13 Å². The Bertz CT molecular complexity index is 1130. The first-order valence-electron chi connectivity index (χ1n) is 9.27. The van der Waals surface area contributed by atoms with E-state index in [1.54, 1.807) is 34.9 Å². The molecule has 0 fully saturated rings. The highest BCUT2D eigenvalue weighted by atomic mass is 35.5. The molecule has 0 aliphatic carbocycles. The van der Waals surface area contributed by atoms with E-state index in [9.17, 15) is 0 Å². The molecule has 0 aliphatic heterocycles. The second-order valence-electron chi connectivity index (χ2n) is 6.48. The Morgan fingerprint density at radius 2 is 1.87 bits per heavy atom. The van der Waals surface area contributed by atoms with Gasteiger partial charge in [-0.25, -0.2) is 9.97 Å². The first-order chi connectivity index (χ1) is 14.6. The van der Waals surface area contributed by atoms with Crippen molar-refractivity contribution in [3.8, 4) is 0 Å². The fraction of sp³-hybridized carbons (Fsp3) is 0.174. The molecule has 0 saturated heterocycles. The number of hydrogen-bond donors (Lipinski definition) is 1. The third-order valence-corrected chi connectivity index (χ3v) is 7.66. The SMILES string of the molecule is C.Cc1csc(Nc2ncc(SC(C)c3ccccn3)cc2Sc2ccccc2Cl)n1. The zero-order valence-corrected chi connectivity index (χ0v) is 19.6. The minimum Gasteiger partial charge on any atom is -0.315 e. The predicted octanol–water partition coefficient (Wildman–Crippen LogP) is 8.28. The Morgan fingerprint density at radius 3 is 2.58 bits per heavy atom. The van der Waals surface area contributed by atoms with E-state index in [0.29, 0.717) is 0 Å². The number of hydrogen-bond acceptors (Lipinski definition) is 7. The Labute approximate surface area is 200 Å². The van der Waals surface area contributed by atoms with E-state index < -0.39 is 0 Å². The van der Waals surface area contributed by atoms with Crippen LogP contribution in [0.25, 0.3) is 0 Å². The van der Waals surface area contributed by atoms with Crippen molar-refractivity contribution in [2.75, 3.05) is 5.32 Å². The van der Waals surface area contributed by atoms with Gasteiger partial charge in [-0.3, -0.25) is 4.98 Å². The molecular formula is C23H23ClN4S3. The van der Waals surface area contributed by atoms with Gasteiger partial charge in [0.25, 0.3) is 0 Å². The van der Waals surface area contributed by atoms with Crippen molar-refractivity contribution in [1.82, 2.24) is 15.0 Å². The van der Waals surface area contributed by atoms with Gasteiger partial charge in [-0.15, -0.1) is 23.1 Å². The summed E-state index contributed by atoms with van der Waals surface area (Å²) in [5.41, 5.74) is 2.03. The summed E-state index contributed by atoms with van der Waals surface area (Å²) < 4.78 is 0. The molecule has 4 nitrogen and oxygen atoms in total. The monoisotopic (exact) mass is 486 g/mol. The van der Waals surface area contributed by atoms with Crippen molar-refractivity contribution < 1.29 is 0 Å². The van der Waals surface area contributed by atoms with Crippen LogP contribution in [-0.2, 0) is 0 Å². The molecule has 1 aromatic carbocycles. The topological polar surface area (TPSA) is 50.7 Å². The van der Waals surface area contributed by atoms with Crippen molar-refractivity contribution in [2.24, 2.45) is 0 Å². The molecule has 4 rings (SSSR count). The fourth-order valence-corrected chi connectivity index (χ4v) is 5.62. The smallest absolute Gasteiger partial charge is 0.188 e. The highest BCUT2D eigenvalue weighted by molar-refractivity contribution is 8.00. The van der Waals surface area contributed by atoms with Gasteiger partial charge in [-0.1, -0.05) is 49.0 Å². The lowest BCUT2D eigenvalue weighted by Gasteiger charge is -2.14. The van der Waals surface area contributed by atoms with E-state index in [2.05, 4.69) is 28.3 Å². The predicted molar refractivity (Wildman–Crippen MR) is 135 cm³/mol. The molecule has 0 saturated carbocycles. The van der Waals surface area contributed by atoms with Gasteiger partial charge in [-0.05, 0) is 44.2 Å². The third kappa shape index (κ3) is 6.23. The number of rotatable bonds is 7. The highest BCUT2D eigenvalue weighted by Crippen LogP contribution is 2.41. The van der Waals surface area contributed by atoms with E-state index in [0.717, 1.165) is 42.0 Å². The number of nitrogens with one attached hydrogen (secondary N) is 1. The third-order valence-electron chi connectivity index (χ3n) is 4.15. The van der Waals surface area contributed by atoms with E-state index in [1.807, 2.05) is 67.2 Å². The van der Waals surface area contributed by atoms with Crippen molar-refractivity contribution >= 4 is 57.4 Å². The number of aromatic nitrogens is 3. The maximum Gasteiger partial charge on any atom is 0.188 e. The standard InChI is InChI=1S/C22H19ClN4S3.CH4/c1-14-13-28-22(26-14)27-21-20(30-19-9-4-3-7-17(19)23)11-16(12-25-21)29-15(2)18-8-5-6-10-24-18;/h3-13,15H,1-2H3,(H,25,26,27);1H4. The lowest BCUT2D eigenvalue weighted by Crippen LogP contribution is -1.97. The van der Waals surface area contributed by atoms with Gasteiger partial charge in [0.1, 0.15) is 5.82 Å². The molecule has 1 N–H and O–H groups in total. The van der Waals surface area contributed by atoms with Crippen molar-refractivity contribution in [3.63, 3.8) is 0 Å². The van der Waals surface area contributed by atoms with E-state index >= 15 is 0 Å². The van der Waals surface area contributed by atoms with Gasteiger partial charge < -0.3 is 5.32 Å². The largest absolute Gasteiger partial charge is 0.315 e. The van der Waals surface area contributed by atoms with Gasteiger partial charge in [-0.2, -0.15) is 0 Å². The normalized spacial score (nSPS) is 11.6. The summed E-state index contributed by atoms with van der Waals surface area (Å²) in [5.74, 6) is 0.768. The maximum atomic E-state index is 6.41. The minimum atomic E-state index is 0. The molecule has 0 aliphatic rings. The van der Waals surface area contributed by atoms with Crippen LogP contribution in [0.2, 0.25) is 5.02 Å². The highest BCUT2D eigenvalue weighted by Gasteiger charge is 2.14. The van der Waals surface area contributed by atoms with Crippen LogP contribution in [0.1, 0.15) is 31.0 Å². The molecule has 3 heterocycles. The number of pyridine rings is 2. The lowest BCUT2D eigenvalue weighted by molar-refractivity contribution is 1.00. The van der Waals surface area contributed by atoms with Gasteiger partial charge in [0.05, 0.1) is 21.3 Å². The molecule has 1 atom stereocenters. The Hall–Kier alpha value is -2.06. The molecule has 31 heavy (non-hydrogen) atoms. The molecule has 160 valence electrons. The number of benzene rings is 1. The summed E-state index contributed by atoms with van der Waals surface area (Å²) in [7, 11) is 0. The molecule has 4 aromatic rings. The van der Waals surface area contributed by atoms with Crippen molar-refractivity contribution in [1.29, 1.82) is 0 Å². The van der Waals surface area contributed by atoms with Crippen molar-refractivity contribution in [2.45, 2.75) is 41.2 Å². The first kappa shape index (κ1) is 23.6. The van der Waals surface area contributed by atoms with E-state index in [1.165, 1.54) is 0 Å². The van der Waals surface area contributed by atoms with Gasteiger partial charge >= 0.3 is 0 Å². The zero-order chi connectivity index (χ0) is 20.9. The molecule has 3 aromatic heterocycles. The van der Waals surface area contributed by atoms with Crippen LogP contribution in [0.5, 0.6) is 0 Å². The van der Waals surface area contributed by atoms with Crippen LogP contribution in [0, 0.1) is 6.92 Å². The Balaban J connectivity index is 0.00000272. The summed E-state index contributed by atoms with van der Waals surface area (Å²) in [5, 5.41) is 7.13. The summed E-state index contributed by atoms with van der Waals surface area (Å²) in [6.07, 6.45) is 3.72. The summed E-state index contributed by atoms with van der Waals surface area (Å²) in [6.45, 7) is 4.13. The molecule has 1 unspecified atom stereocenters. The van der Waals surface area contributed by atoms with Crippen LogP contribution < -0.4 is 5.32 Å². The lowest BCUT2D eigenvalue weighted by atomic mass is 10.3. The molecular weight excluding hydrogens is 464 g/mol. The fourth-order valence-electron chi connectivity index (χ4n) is 2.70. The molecule has 0 spiro atoms. The Morgan fingerprint density at radius 1 is 1.06 bits per heavy atom. The summed E-state index contributed by atoms with van der Waals surface area (Å²) >= 11 is 11.3.